The van der Waals surface area contributed by atoms with Gasteiger partial charge in [-0.1, -0.05) is 22.0 Å². The van der Waals surface area contributed by atoms with E-state index in [0.717, 1.165) is 4.47 Å². The number of methoxy groups -OCH3 is 3. The Hall–Kier alpha value is -3.85. The molecule has 0 unspecified atom stereocenters. The van der Waals surface area contributed by atoms with Crippen molar-refractivity contribution in [1.82, 2.24) is 5.43 Å². The van der Waals surface area contributed by atoms with Crippen molar-refractivity contribution < 1.29 is 28.5 Å². The van der Waals surface area contributed by atoms with Gasteiger partial charge < -0.3 is 18.9 Å². The average Bonchev–Trinajstić information content (AvgIpc) is 2.83. The fourth-order valence-corrected chi connectivity index (χ4v) is 3.25. The van der Waals surface area contributed by atoms with Gasteiger partial charge in [0.2, 0.25) is 5.75 Å². The third-order valence-electron chi connectivity index (χ3n) is 4.46. The zero-order chi connectivity index (χ0) is 23.8. The largest absolute Gasteiger partial charge is 0.493 e. The summed E-state index contributed by atoms with van der Waals surface area (Å²) in [6.07, 6.45) is 1.49. The summed E-state index contributed by atoms with van der Waals surface area (Å²) in [6, 6.07) is 16.6. The lowest BCUT2D eigenvalue weighted by atomic mass is 10.2. The summed E-state index contributed by atoms with van der Waals surface area (Å²) < 4.78 is 22.0. The van der Waals surface area contributed by atoms with Crippen molar-refractivity contribution in [3.8, 4) is 23.0 Å². The quantitative estimate of drug-likeness (QED) is 0.207. The van der Waals surface area contributed by atoms with Crippen LogP contribution in [-0.4, -0.2) is 39.4 Å². The molecular weight excluding hydrogens is 492 g/mol. The zero-order valence-corrected chi connectivity index (χ0v) is 19.7. The Labute approximate surface area is 199 Å². The number of benzene rings is 3. The van der Waals surface area contributed by atoms with Gasteiger partial charge >= 0.3 is 5.97 Å². The lowest BCUT2D eigenvalue weighted by Crippen LogP contribution is -2.17. The van der Waals surface area contributed by atoms with Crippen LogP contribution in [0.5, 0.6) is 23.0 Å². The van der Waals surface area contributed by atoms with Gasteiger partial charge in [0.15, 0.2) is 11.5 Å². The standard InChI is InChI=1S/C24H21BrN2O6/c1-30-20-12-17(13-21(31-2)22(20)32-3)24(29)33-19-9-7-15(8-10-19)14-26-27-23(28)16-5-4-6-18(25)11-16/h4-14H,1-3H3,(H,27,28)/b26-14+. The highest BCUT2D eigenvalue weighted by molar-refractivity contribution is 9.10. The Morgan fingerprint density at radius 2 is 1.55 bits per heavy atom. The minimum Gasteiger partial charge on any atom is -0.493 e. The summed E-state index contributed by atoms with van der Waals surface area (Å²) in [5.41, 5.74) is 3.89. The first-order valence-electron chi connectivity index (χ1n) is 9.66. The Balaban J connectivity index is 1.64. The van der Waals surface area contributed by atoms with Crippen molar-refractivity contribution in [3.63, 3.8) is 0 Å². The Morgan fingerprint density at radius 1 is 0.879 bits per heavy atom. The lowest BCUT2D eigenvalue weighted by Gasteiger charge is -2.13. The van der Waals surface area contributed by atoms with E-state index in [1.54, 1.807) is 42.5 Å². The predicted octanol–water partition coefficient (Wildman–Crippen LogP) is 4.46. The van der Waals surface area contributed by atoms with Crippen LogP contribution in [0.3, 0.4) is 0 Å². The number of halogens is 1. The second-order valence-electron chi connectivity index (χ2n) is 6.58. The first-order chi connectivity index (χ1) is 15.9. The number of carbonyl (C=O) groups excluding carboxylic acids is 2. The van der Waals surface area contributed by atoms with Crippen LogP contribution in [-0.2, 0) is 0 Å². The van der Waals surface area contributed by atoms with Gasteiger partial charge in [-0.2, -0.15) is 5.10 Å². The van der Waals surface area contributed by atoms with Crippen molar-refractivity contribution >= 4 is 34.0 Å². The molecule has 0 atom stereocenters. The van der Waals surface area contributed by atoms with Gasteiger partial charge in [0.25, 0.3) is 5.91 Å². The predicted molar refractivity (Wildman–Crippen MR) is 127 cm³/mol. The maximum absolute atomic E-state index is 12.6. The molecule has 33 heavy (non-hydrogen) atoms. The third kappa shape index (κ3) is 6.11. The van der Waals surface area contributed by atoms with Crippen LogP contribution in [0.2, 0.25) is 0 Å². The molecule has 0 aliphatic heterocycles. The monoisotopic (exact) mass is 512 g/mol. The highest BCUT2D eigenvalue weighted by atomic mass is 79.9. The number of amides is 1. The molecule has 9 heteroatoms. The number of carbonyl (C=O) groups is 2. The number of esters is 1. The molecule has 0 heterocycles. The molecule has 0 aliphatic rings. The number of rotatable bonds is 8. The van der Waals surface area contributed by atoms with Crippen LogP contribution >= 0.6 is 15.9 Å². The smallest absolute Gasteiger partial charge is 0.343 e. The van der Waals surface area contributed by atoms with Crippen molar-refractivity contribution in [1.29, 1.82) is 0 Å². The molecule has 3 aromatic carbocycles. The molecular formula is C24H21BrN2O6. The molecule has 1 amide bonds. The Morgan fingerprint density at radius 3 is 2.12 bits per heavy atom. The van der Waals surface area contributed by atoms with Crippen molar-refractivity contribution in [2.45, 2.75) is 0 Å². The summed E-state index contributed by atoms with van der Waals surface area (Å²) in [4.78, 5) is 24.7. The molecule has 0 saturated carbocycles. The molecule has 0 aliphatic carbocycles. The van der Waals surface area contributed by atoms with Gasteiger partial charge in [-0.3, -0.25) is 4.79 Å². The van der Waals surface area contributed by atoms with E-state index in [1.165, 1.54) is 39.7 Å². The first-order valence-corrected chi connectivity index (χ1v) is 10.5. The van der Waals surface area contributed by atoms with Crippen LogP contribution < -0.4 is 24.4 Å². The fourth-order valence-electron chi connectivity index (χ4n) is 2.85. The summed E-state index contributed by atoms with van der Waals surface area (Å²) in [6.45, 7) is 0. The summed E-state index contributed by atoms with van der Waals surface area (Å²) in [5, 5.41) is 3.95. The van der Waals surface area contributed by atoms with Gasteiger partial charge in [0.1, 0.15) is 5.75 Å². The fraction of sp³-hybridized carbons (Fsp3) is 0.125. The van der Waals surface area contributed by atoms with E-state index in [9.17, 15) is 9.59 Å². The van der Waals surface area contributed by atoms with E-state index in [-0.39, 0.29) is 11.5 Å². The molecule has 3 aromatic rings. The van der Waals surface area contributed by atoms with Crippen LogP contribution in [0.15, 0.2) is 70.2 Å². The number of ether oxygens (including phenoxy) is 4. The number of nitrogens with one attached hydrogen (secondary N) is 1. The van der Waals surface area contributed by atoms with E-state index in [0.29, 0.717) is 34.1 Å². The molecule has 0 bridgehead atoms. The molecule has 8 nitrogen and oxygen atoms in total. The summed E-state index contributed by atoms with van der Waals surface area (Å²) >= 11 is 3.32. The van der Waals surface area contributed by atoms with Gasteiger partial charge in [-0.25, -0.2) is 10.2 Å². The van der Waals surface area contributed by atoms with Crippen LogP contribution in [0.4, 0.5) is 0 Å². The molecule has 0 saturated heterocycles. The second kappa shape index (κ2) is 11.1. The van der Waals surface area contributed by atoms with Gasteiger partial charge in [-0.05, 0) is 60.2 Å². The number of hydrogen-bond acceptors (Lipinski definition) is 7. The average molecular weight is 513 g/mol. The number of nitrogens with zero attached hydrogens (tertiary/aromatic N) is 1. The molecule has 0 spiro atoms. The van der Waals surface area contributed by atoms with Crippen LogP contribution in [0.1, 0.15) is 26.3 Å². The van der Waals surface area contributed by atoms with Gasteiger partial charge in [-0.15, -0.1) is 0 Å². The summed E-state index contributed by atoms with van der Waals surface area (Å²) in [7, 11) is 4.41. The molecule has 170 valence electrons. The Kier molecular flexibility index (Phi) is 8.04. The number of hydrogen-bond donors (Lipinski definition) is 1. The van der Waals surface area contributed by atoms with E-state index in [4.69, 9.17) is 18.9 Å². The molecule has 1 N–H and O–H groups in total. The molecule has 0 aromatic heterocycles. The zero-order valence-electron chi connectivity index (χ0n) is 18.1. The SMILES string of the molecule is COc1cc(C(=O)Oc2ccc(/C=N/NC(=O)c3cccc(Br)c3)cc2)cc(OC)c1OC. The van der Waals surface area contributed by atoms with Crippen molar-refractivity contribution in [2.75, 3.05) is 21.3 Å². The number of hydrazone groups is 1. The normalized spacial score (nSPS) is 10.5. The maximum atomic E-state index is 12.6. The molecule has 0 radical (unpaired) electrons. The van der Waals surface area contributed by atoms with Gasteiger partial charge in [0, 0.05) is 10.0 Å². The van der Waals surface area contributed by atoms with Gasteiger partial charge in [0.05, 0.1) is 33.1 Å². The minimum absolute atomic E-state index is 0.241. The highest BCUT2D eigenvalue weighted by Gasteiger charge is 2.18. The lowest BCUT2D eigenvalue weighted by molar-refractivity contribution is 0.0733. The topological polar surface area (TPSA) is 95.5 Å². The molecule has 3 rings (SSSR count). The van der Waals surface area contributed by atoms with Crippen molar-refractivity contribution in [3.05, 3.63) is 81.8 Å². The minimum atomic E-state index is -0.586. The molecule has 0 fully saturated rings. The van der Waals surface area contributed by atoms with E-state index < -0.39 is 5.97 Å². The van der Waals surface area contributed by atoms with E-state index in [2.05, 4.69) is 26.5 Å². The van der Waals surface area contributed by atoms with E-state index in [1.807, 2.05) is 6.07 Å². The van der Waals surface area contributed by atoms with E-state index >= 15 is 0 Å². The third-order valence-corrected chi connectivity index (χ3v) is 4.95. The Bertz CT molecular complexity index is 1150. The van der Waals surface area contributed by atoms with Crippen molar-refractivity contribution in [2.24, 2.45) is 5.10 Å². The van der Waals surface area contributed by atoms with Crippen LogP contribution in [0, 0.1) is 0 Å². The summed E-state index contributed by atoms with van der Waals surface area (Å²) in [5.74, 6) is 0.497. The second-order valence-corrected chi connectivity index (χ2v) is 7.50. The maximum Gasteiger partial charge on any atom is 0.343 e. The van der Waals surface area contributed by atoms with Crippen LogP contribution in [0.25, 0.3) is 0 Å². The first kappa shape index (κ1) is 23.8. The highest BCUT2D eigenvalue weighted by Crippen LogP contribution is 2.38.